The average Bonchev–Trinajstić information content (AvgIpc) is 3.11. The summed E-state index contributed by atoms with van der Waals surface area (Å²) in [5.41, 5.74) is 0. The SMILES string of the molecule is C1CC2CC(C1)C1C3CC2C2C4C5CC(C6CC5C5C7CC6C6CC7C5C5CC6C6CC7C8CC5C8C67)C5CC4C2C3C51. The molecule has 0 aromatic carbocycles. The molecule has 16 aliphatic rings. The van der Waals surface area contributed by atoms with Crippen LogP contribution in [0.5, 0.6) is 0 Å². The molecule has 0 spiro atoms. The van der Waals surface area contributed by atoms with Gasteiger partial charge < -0.3 is 0 Å². The van der Waals surface area contributed by atoms with Crippen molar-refractivity contribution in [1.29, 1.82) is 0 Å². The van der Waals surface area contributed by atoms with Crippen LogP contribution in [0.2, 0.25) is 0 Å². The Hall–Kier alpha value is 0. The highest BCUT2D eigenvalue weighted by atomic mass is 14.9. The smallest absolute Gasteiger partial charge is 0.0315 e. The molecule has 0 nitrogen and oxygen atoms in total. The van der Waals surface area contributed by atoms with Gasteiger partial charge in [-0.05, 0) is 242 Å². The van der Waals surface area contributed by atoms with Crippen molar-refractivity contribution in [2.75, 3.05) is 0 Å². The Morgan fingerprint density at radius 1 is 0.186 bits per heavy atom. The van der Waals surface area contributed by atoms with E-state index in [4.69, 9.17) is 0 Å². The standard InChI is InChI=1S/C43H56/c1-2-14-4-15(3-1)34-32-5-16(14)40-39-28-10-21(23-13-33(39)43(40)42(32)41(23)34)19-8-26(28)36-24-6-17(19)18-7-25(24)37(36)27-9-20(18)22-11-29-31-12-30(27)38(31)35(22)29/h14-43H,1-13H2. The van der Waals surface area contributed by atoms with Gasteiger partial charge in [0.05, 0.1) is 0 Å². The minimum Gasteiger partial charge on any atom is -0.0528 e. The molecule has 0 aliphatic heterocycles. The lowest BCUT2D eigenvalue weighted by atomic mass is 9.29. The van der Waals surface area contributed by atoms with Crippen LogP contribution >= 0.6 is 0 Å². The zero-order chi connectivity index (χ0) is 26.5. The van der Waals surface area contributed by atoms with Gasteiger partial charge in [0.1, 0.15) is 0 Å². The maximum atomic E-state index is 1.80. The summed E-state index contributed by atoms with van der Waals surface area (Å²) in [6.07, 6.45) is 22.6. The fourth-order valence-electron chi connectivity index (χ4n) is 23.9. The summed E-state index contributed by atoms with van der Waals surface area (Å²) in [5.74, 6) is 36.9. The van der Waals surface area contributed by atoms with E-state index in [-0.39, 0.29) is 0 Å². The van der Waals surface area contributed by atoms with E-state index >= 15 is 0 Å². The lowest BCUT2D eigenvalue weighted by Crippen LogP contribution is -2.71. The van der Waals surface area contributed by atoms with Crippen LogP contribution in [0.4, 0.5) is 0 Å². The summed E-state index contributed by atoms with van der Waals surface area (Å²) in [5, 5.41) is 0. The Bertz CT molecular complexity index is 1320. The van der Waals surface area contributed by atoms with Gasteiger partial charge in [0.2, 0.25) is 0 Å². The van der Waals surface area contributed by atoms with Gasteiger partial charge in [-0.1, -0.05) is 19.3 Å². The van der Waals surface area contributed by atoms with Crippen molar-refractivity contribution in [3.05, 3.63) is 0 Å². The molecule has 16 bridgehead atoms. The van der Waals surface area contributed by atoms with Gasteiger partial charge in [0, 0.05) is 0 Å². The van der Waals surface area contributed by atoms with E-state index in [1.54, 1.807) is 83.5 Å². The molecule has 0 aromatic rings. The molecule has 16 aliphatic carbocycles. The second-order valence-electron chi connectivity index (χ2n) is 22.5. The van der Waals surface area contributed by atoms with Crippen molar-refractivity contribution in [2.24, 2.45) is 178 Å². The Kier molecular flexibility index (Phi) is 3.49. The number of rotatable bonds is 0. The normalized spacial score (nSPS) is 82.6. The van der Waals surface area contributed by atoms with Crippen LogP contribution in [0.15, 0.2) is 0 Å². The Morgan fingerprint density at radius 2 is 0.488 bits per heavy atom. The van der Waals surface area contributed by atoms with E-state index in [1.165, 1.54) is 178 Å². The zero-order valence-electron chi connectivity index (χ0n) is 26.5. The monoisotopic (exact) mass is 572 g/mol. The maximum absolute atomic E-state index is 1.80. The molecule has 0 N–H and O–H groups in total. The Labute approximate surface area is 260 Å². The van der Waals surface area contributed by atoms with E-state index in [0.29, 0.717) is 0 Å². The van der Waals surface area contributed by atoms with E-state index < -0.39 is 0 Å². The number of fused-ring (bicyclic) bond motifs is 31. The van der Waals surface area contributed by atoms with Gasteiger partial charge in [-0.25, -0.2) is 0 Å². The summed E-state index contributed by atoms with van der Waals surface area (Å²) >= 11 is 0. The van der Waals surface area contributed by atoms with Gasteiger partial charge in [-0.3, -0.25) is 0 Å². The molecule has 0 saturated heterocycles. The van der Waals surface area contributed by atoms with Gasteiger partial charge in [0.25, 0.3) is 0 Å². The first-order chi connectivity index (χ1) is 21.3. The van der Waals surface area contributed by atoms with Crippen molar-refractivity contribution in [2.45, 2.75) is 83.5 Å². The molecule has 0 amide bonds. The second-order valence-corrected chi connectivity index (χ2v) is 22.5. The predicted molar refractivity (Wildman–Crippen MR) is 165 cm³/mol. The van der Waals surface area contributed by atoms with E-state index in [0.717, 1.165) is 0 Å². The molecular formula is C43H56. The van der Waals surface area contributed by atoms with Crippen molar-refractivity contribution in [3.63, 3.8) is 0 Å². The van der Waals surface area contributed by atoms with Crippen LogP contribution in [0.3, 0.4) is 0 Å². The lowest BCUT2D eigenvalue weighted by molar-refractivity contribution is -0.284. The summed E-state index contributed by atoms with van der Waals surface area (Å²) < 4.78 is 0. The van der Waals surface area contributed by atoms with Gasteiger partial charge >= 0.3 is 0 Å². The van der Waals surface area contributed by atoms with Crippen LogP contribution in [0.25, 0.3) is 0 Å². The van der Waals surface area contributed by atoms with Crippen molar-refractivity contribution in [1.82, 2.24) is 0 Å². The summed E-state index contributed by atoms with van der Waals surface area (Å²) in [4.78, 5) is 0. The number of hydrogen-bond donors (Lipinski definition) is 0. The minimum atomic E-state index is 1.18. The Morgan fingerprint density at radius 3 is 1.05 bits per heavy atom. The first-order valence-electron chi connectivity index (χ1n) is 21.3. The van der Waals surface area contributed by atoms with Crippen LogP contribution in [-0.2, 0) is 0 Å². The van der Waals surface area contributed by atoms with E-state index in [9.17, 15) is 0 Å². The van der Waals surface area contributed by atoms with Crippen molar-refractivity contribution in [3.8, 4) is 0 Å². The van der Waals surface area contributed by atoms with Crippen LogP contribution in [0.1, 0.15) is 83.5 Å². The first-order valence-corrected chi connectivity index (χ1v) is 21.3. The van der Waals surface area contributed by atoms with Crippen molar-refractivity contribution < 1.29 is 0 Å². The quantitative estimate of drug-likeness (QED) is 0.272. The number of hydrogen-bond acceptors (Lipinski definition) is 0. The molecule has 16 rings (SSSR count). The fraction of sp³-hybridized carbons (Fsp3) is 1.00. The topological polar surface area (TPSA) is 0 Å². The molecule has 228 valence electrons. The highest BCUT2D eigenvalue weighted by molar-refractivity contribution is 5.28. The molecule has 16 fully saturated rings. The Balaban J connectivity index is 0.892. The highest BCUT2D eigenvalue weighted by Crippen LogP contribution is 2.86. The molecule has 16 saturated carbocycles. The van der Waals surface area contributed by atoms with Gasteiger partial charge in [0.15, 0.2) is 0 Å². The molecule has 0 heterocycles. The molecule has 30 atom stereocenters. The lowest BCUT2D eigenvalue weighted by Gasteiger charge is -2.76. The third-order valence-electron chi connectivity index (χ3n) is 23.8. The maximum Gasteiger partial charge on any atom is -0.0315 e. The van der Waals surface area contributed by atoms with Crippen LogP contribution in [-0.4, -0.2) is 0 Å². The third-order valence-corrected chi connectivity index (χ3v) is 23.8. The van der Waals surface area contributed by atoms with Crippen LogP contribution in [0, 0.1) is 178 Å². The first kappa shape index (κ1) is 22.5. The zero-order valence-corrected chi connectivity index (χ0v) is 26.5. The average molecular weight is 573 g/mol. The molecule has 0 heteroatoms. The summed E-state index contributed by atoms with van der Waals surface area (Å²) in [6.45, 7) is 0. The minimum absolute atomic E-state index is 1.18. The molecule has 0 aromatic heterocycles. The van der Waals surface area contributed by atoms with Gasteiger partial charge in [-0.15, -0.1) is 0 Å². The summed E-state index contributed by atoms with van der Waals surface area (Å²) in [7, 11) is 0. The largest absolute Gasteiger partial charge is 0.0528 e. The fourth-order valence-corrected chi connectivity index (χ4v) is 23.9. The molecule has 0 radical (unpaired) electrons. The molecule has 30 unspecified atom stereocenters. The second kappa shape index (κ2) is 6.65. The highest BCUT2D eigenvalue weighted by Gasteiger charge is 2.80. The van der Waals surface area contributed by atoms with Crippen LogP contribution < -0.4 is 0 Å². The van der Waals surface area contributed by atoms with E-state index in [2.05, 4.69) is 0 Å². The third kappa shape index (κ3) is 2.03. The predicted octanol–water partition coefficient (Wildman–Crippen LogP) is 8.76. The summed E-state index contributed by atoms with van der Waals surface area (Å²) in [6, 6.07) is 0. The van der Waals surface area contributed by atoms with E-state index in [1.807, 2.05) is 0 Å². The molecular weight excluding hydrogens is 516 g/mol. The molecule has 43 heavy (non-hydrogen) atoms. The van der Waals surface area contributed by atoms with Gasteiger partial charge in [-0.2, -0.15) is 0 Å². The van der Waals surface area contributed by atoms with Crippen molar-refractivity contribution >= 4 is 0 Å².